The zero-order valence-electron chi connectivity index (χ0n) is 12.0. The maximum Gasteiger partial charge on any atom is 0.416 e. The van der Waals surface area contributed by atoms with Gasteiger partial charge in [0.15, 0.2) is 0 Å². The van der Waals surface area contributed by atoms with Crippen LogP contribution in [0.2, 0.25) is 25.7 Å². The molecule has 5 heteroatoms. The van der Waals surface area contributed by atoms with Crippen LogP contribution in [0.15, 0.2) is 0 Å². The number of hydrogen-bond donors (Lipinski definition) is 0. The third-order valence-corrected chi connectivity index (χ3v) is 5.04. The topological polar surface area (TPSA) is 46.6 Å². The molecule has 18 heavy (non-hydrogen) atoms. The summed E-state index contributed by atoms with van der Waals surface area (Å²) in [5.41, 5.74) is 0. The number of carbonyl (C=O) groups is 2. The number of rotatable bonds is 4. The molecule has 1 aliphatic rings. The van der Waals surface area contributed by atoms with Gasteiger partial charge in [0.25, 0.3) is 0 Å². The Morgan fingerprint density at radius 1 is 1.44 bits per heavy atom. The maximum atomic E-state index is 12.0. The highest BCUT2D eigenvalue weighted by Gasteiger charge is 2.32. The molecule has 1 rings (SSSR count). The first kappa shape index (κ1) is 15.2. The van der Waals surface area contributed by atoms with Crippen LogP contribution in [-0.2, 0) is 9.53 Å². The molecule has 1 unspecified atom stereocenters. The van der Waals surface area contributed by atoms with Crippen molar-refractivity contribution in [2.45, 2.75) is 51.9 Å². The molecule has 1 fully saturated rings. The summed E-state index contributed by atoms with van der Waals surface area (Å²) in [6.45, 7) is 9.65. The van der Waals surface area contributed by atoms with Crippen LogP contribution in [0.5, 0.6) is 0 Å². The first-order valence-corrected chi connectivity index (χ1v) is 10.5. The van der Waals surface area contributed by atoms with Crippen molar-refractivity contribution in [2.75, 3.05) is 13.2 Å². The smallest absolute Gasteiger partial charge is 0.416 e. The molecule has 0 aromatic carbocycles. The maximum absolute atomic E-state index is 12.0. The van der Waals surface area contributed by atoms with Gasteiger partial charge in [-0.25, -0.2) is 9.69 Å². The van der Waals surface area contributed by atoms with Crippen LogP contribution in [-0.4, -0.2) is 38.1 Å². The number of likely N-dealkylation sites (tertiary alicyclic amines) is 1. The van der Waals surface area contributed by atoms with Crippen molar-refractivity contribution in [1.29, 1.82) is 0 Å². The molecular weight excluding hydrogens is 246 g/mol. The Hall–Kier alpha value is -0.843. The van der Waals surface area contributed by atoms with Crippen molar-refractivity contribution in [3.8, 4) is 0 Å². The summed E-state index contributed by atoms with van der Waals surface area (Å²) in [7, 11) is -1.19. The van der Waals surface area contributed by atoms with Gasteiger partial charge in [-0.1, -0.05) is 26.6 Å². The molecule has 1 heterocycles. The lowest BCUT2D eigenvalue weighted by Gasteiger charge is -2.29. The van der Waals surface area contributed by atoms with Crippen LogP contribution in [0.1, 0.15) is 26.2 Å². The summed E-state index contributed by atoms with van der Waals surface area (Å²) in [5.74, 6) is -0.0509. The number of carbonyl (C=O) groups excluding carboxylic acids is 2. The van der Waals surface area contributed by atoms with E-state index in [0.29, 0.717) is 13.2 Å². The summed E-state index contributed by atoms with van der Waals surface area (Å²) >= 11 is 0. The number of piperidine rings is 1. The fourth-order valence-electron chi connectivity index (χ4n) is 2.03. The Labute approximate surface area is 111 Å². The van der Waals surface area contributed by atoms with Gasteiger partial charge in [-0.2, -0.15) is 0 Å². The molecule has 0 saturated carbocycles. The lowest BCUT2D eigenvalue weighted by molar-refractivity contribution is -0.136. The molecule has 2 amide bonds. The minimum absolute atomic E-state index is 0.00305. The number of imide groups is 1. The van der Waals surface area contributed by atoms with Crippen molar-refractivity contribution in [3.63, 3.8) is 0 Å². The van der Waals surface area contributed by atoms with Gasteiger partial charge in [0.05, 0.1) is 6.61 Å². The summed E-state index contributed by atoms with van der Waals surface area (Å²) in [5, 5.41) is 0. The Kier molecular flexibility index (Phi) is 5.38. The lowest BCUT2D eigenvalue weighted by atomic mass is 9.95. The molecular formula is C13H25NO3Si. The highest BCUT2D eigenvalue weighted by atomic mass is 28.3. The largest absolute Gasteiger partial charge is 0.449 e. The number of nitrogens with zero attached hydrogens (tertiary/aromatic N) is 1. The molecule has 0 aromatic heterocycles. The van der Waals surface area contributed by atoms with E-state index in [1.54, 1.807) is 0 Å². The SMILES string of the molecule is CCC1CCCN(C(=O)OCC[Si](C)(C)C)C1=O. The van der Waals surface area contributed by atoms with Gasteiger partial charge in [0.1, 0.15) is 0 Å². The molecule has 0 aromatic rings. The van der Waals surface area contributed by atoms with Crippen molar-refractivity contribution >= 4 is 20.1 Å². The fourth-order valence-corrected chi connectivity index (χ4v) is 2.75. The van der Waals surface area contributed by atoms with Gasteiger partial charge in [-0.3, -0.25) is 4.79 Å². The monoisotopic (exact) mass is 271 g/mol. The second kappa shape index (κ2) is 6.36. The van der Waals surface area contributed by atoms with Gasteiger partial charge in [0, 0.05) is 20.5 Å². The first-order valence-electron chi connectivity index (χ1n) is 6.83. The van der Waals surface area contributed by atoms with E-state index in [-0.39, 0.29) is 11.8 Å². The van der Waals surface area contributed by atoms with Crippen LogP contribution >= 0.6 is 0 Å². The Bertz CT molecular complexity index is 312. The Morgan fingerprint density at radius 3 is 2.67 bits per heavy atom. The molecule has 0 aliphatic carbocycles. The molecule has 1 aliphatic heterocycles. The molecule has 104 valence electrons. The normalized spacial score (nSPS) is 21.0. The minimum Gasteiger partial charge on any atom is -0.449 e. The molecule has 1 atom stereocenters. The first-order chi connectivity index (χ1) is 8.35. The van der Waals surface area contributed by atoms with E-state index in [0.717, 1.165) is 25.3 Å². The number of hydrogen-bond acceptors (Lipinski definition) is 3. The zero-order chi connectivity index (χ0) is 13.8. The standard InChI is InChI=1S/C13H25NO3Si/c1-5-11-7-6-8-14(12(11)15)13(16)17-9-10-18(2,3)4/h11H,5-10H2,1-4H3. The predicted octanol–water partition coefficient (Wildman–Crippen LogP) is 3.11. The highest BCUT2D eigenvalue weighted by Crippen LogP contribution is 2.21. The van der Waals surface area contributed by atoms with E-state index in [4.69, 9.17) is 4.74 Å². The van der Waals surface area contributed by atoms with Gasteiger partial charge in [0.2, 0.25) is 5.91 Å². The lowest BCUT2D eigenvalue weighted by Crippen LogP contribution is -2.45. The molecule has 0 spiro atoms. The van der Waals surface area contributed by atoms with Crippen LogP contribution in [0.25, 0.3) is 0 Å². The third-order valence-electron chi connectivity index (χ3n) is 3.34. The average molecular weight is 271 g/mol. The fraction of sp³-hybridized carbons (Fsp3) is 0.846. The zero-order valence-corrected chi connectivity index (χ0v) is 13.0. The Morgan fingerprint density at radius 2 is 2.11 bits per heavy atom. The number of ether oxygens (including phenoxy) is 1. The van der Waals surface area contributed by atoms with Gasteiger partial charge in [-0.05, 0) is 25.3 Å². The van der Waals surface area contributed by atoms with Crippen molar-refractivity contribution in [1.82, 2.24) is 4.90 Å². The summed E-state index contributed by atoms with van der Waals surface area (Å²) < 4.78 is 5.22. The van der Waals surface area contributed by atoms with Gasteiger partial charge < -0.3 is 4.74 Å². The van der Waals surface area contributed by atoms with E-state index in [1.807, 2.05) is 6.92 Å². The minimum atomic E-state index is -1.19. The quantitative estimate of drug-likeness (QED) is 0.738. The Balaban J connectivity index is 2.43. The molecule has 0 N–H and O–H groups in total. The number of amides is 2. The highest BCUT2D eigenvalue weighted by molar-refractivity contribution is 6.76. The van der Waals surface area contributed by atoms with E-state index < -0.39 is 14.2 Å². The van der Waals surface area contributed by atoms with Gasteiger partial charge >= 0.3 is 6.09 Å². The van der Waals surface area contributed by atoms with Gasteiger partial charge in [-0.15, -0.1) is 0 Å². The van der Waals surface area contributed by atoms with Crippen molar-refractivity contribution < 1.29 is 14.3 Å². The van der Waals surface area contributed by atoms with E-state index in [9.17, 15) is 9.59 Å². The van der Waals surface area contributed by atoms with E-state index in [1.165, 1.54) is 4.90 Å². The summed E-state index contributed by atoms with van der Waals surface area (Å²) in [4.78, 5) is 25.1. The average Bonchev–Trinajstić information content (AvgIpc) is 2.27. The van der Waals surface area contributed by atoms with Crippen LogP contribution in [0.3, 0.4) is 0 Å². The van der Waals surface area contributed by atoms with E-state index >= 15 is 0 Å². The third kappa shape index (κ3) is 4.44. The molecule has 1 saturated heterocycles. The summed E-state index contributed by atoms with van der Waals surface area (Å²) in [6.07, 6.45) is 2.15. The molecule has 0 radical (unpaired) electrons. The van der Waals surface area contributed by atoms with Crippen LogP contribution in [0.4, 0.5) is 4.79 Å². The van der Waals surface area contributed by atoms with Crippen LogP contribution in [0, 0.1) is 5.92 Å². The summed E-state index contributed by atoms with van der Waals surface area (Å²) in [6, 6.07) is 0.942. The molecule has 4 nitrogen and oxygen atoms in total. The second-order valence-electron chi connectivity index (χ2n) is 6.16. The second-order valence-corrected chi connectivity index (χ2v) is 11.8. The van der Waals surface area contributed by atoms with Crippen LogP contribution < -0.4 is 0 Å². The van der Waals surface area contributed by atoms with Crippen molar-refractivity contribution in [3.05, 3.63) is 0 Å². The molecule has 0 bridgehead atoms. The predicted molar refractivity (Wildman–Crippen MR) is 74.2 cm³/mol. The van der Waals surface area contributed by atoms with E-state index in [2.05, 4.69) is 19.6 Å². The van der Waals surface area contributed by atoms with Crippen molar-refractivity contribution in [2.24, 2.45) is 5.92 Å².